The lowest BCUT2D eigenvalue weighted by atomic mass is 10.3. The number of anilines is 2. The highest BCUT2D eigenvalue weighted by atomic mass is 16.1. The molecule has 2 heterocycles. The van der Waals surface area contributed by atoms with Crippen LogP contribution in [0, 0.1) is 0 Å². The van der Waals surface area contributed by atoms with Gasteiger partial charge in [-0.3, -0.25) is 4.79 Å². The monoisotopic (exact) mass is 312 g/mol. The highest BCUT2D eigenvalue weighted by Gasteiger charge is 2.07. The van der Waals surface area contributed by atoms with Crippen molar-refractivity contribution in [2.24, 2.45) is 7.05 Å². The summed E-state index contributed by atoms with van der Waals surface area (Å²) in [5.74, 6) is 0.853. The predicted octanol–water partition coefficient (Wildman–Crippen LogP) is 0.280. The Balaban J connectivity index is 1.59. The number of hydrogen-bond acceptors (Lipinski definition) is 7. The lowest BCUT2D eigenvalue weighted by Gasteiger charge is -2.08. The van der Waals surface area contributed by atoms with E-state index in [1.165, 1.54) is 4.57 Å². The molecule has 2 N–H and O–H groups in total. The van der Waals surface area contributed by atoms with E-state index in [4.69, 9.17) is 0 Å². The fourth-order valence-corrected chi connectivity index (χ4v) is 2.01. The van der Waals surface area contributed by atoms with E-state index in [-0.39, 0.29) is 5.56 Å². The fourth-order valence-electron chi connectivity index (χ4n) is 2.01. The number of rotatable bonds is 6. The first kappa shape index (κ1) is 14.7. The number of tetrazole rings is 1. The van der Waals surface area contributed by atoms with Gasteiger partial charge in [-0.2, -0.15) is 4.68 Å². The van der Waals surface area contributed by atoms with Gasteiger partial charge in [-0.1, -0.05) is 23.3 Å². The average Bonchev–Trinajstić information content (AvgIpc) is 3.04. The molecule has 3 rings (SSSR count). The van der Waals surface area contributed by atoms with Gasteiger partial charge >= 0.3 is 0 Å². The van der Waals surface area contributed by atoms with Gasteiger partial charge in [0, 0.05) is 32.5 Å². The molecule has 0 aliphatic heterocycles. The molecular weight excluding hydrogens is 296 g/mol. The van der Waals surface area contributed by atoms with E-state index in [9.17, 15) is 4.79 Å². The molecule has 9 heteroatoms. The van der Waals surface area contributed by atoms with Crippen LogP contribution in [0.3, 0.4) is 0 Å². The smallest absolute Gasteiger partial charge is 0.293 e. The summed E-state index contributed by atoms with van der Waals surface area (Å²) in [6, 6.07) is 9.59. The van der Waals surface area contributed by atoms with Gasteiger partial charge in [0.15, 0.2) is 5.82 Å². The summed E-state index contributed by atoms with van der Waals surface area (Å²) < 4.78 is 3.08. The zero-order chi connectivity index (χ0) is 16.1. The molecule has 2 aromatic heterocycles. The predicted molar refractivity (Wildman–Crippen MR) is 85.6 cm³/mol. The Morgan fingerprint density at radius 1 is 1.13 bits per heavy atom. The second kappa shape index (κ2) is 6.69. The first-order chi connectivity index (χ1) is 11.3. The van der Waals surface area contributed by atoms with Crippen LogP contribution in [-0.2, 0) is 7.05 Å². The zero-order valence-electron chi connectivity index (χ0n) is 12.5. The Kier molecular flexibility index (Phi) is 4.27. The summed E-state index contributed by atoms with van der Waals surface area (Å²) >= 11 is 0. The SMILES string of the molecule is Cn1ccnc(NCCNc2nnnn2-c2ccccc2)c1=O. The van der Waals surface area contributed by atoms with Gasteiger partial charge in [0.2, 0.25) is 5.95 Å². The molecule has 0 fully saturated rings. The van der Waals surface area contributed by atoms with Crippen LogP contribution in [0.5, 0.6) is 0 Å². The molecule has 0 aliphatic carbocycles. The Morgan fingerprint density at radius 2 is 1.91 bits per heavy atom. The molecule has 3 aromatic rings. The van der Waals surface area contributed by atoms with Crippen molar-refractivity contribution in [2.75, 3.05) is 23.7 Å². The van der Waals surface area contributed by atoms with E-state index in [1.54, 1.807) is 24.1 Å². The summed E-state index contributed by atoms with van der Waals surface area (Å²) in [6.07, 6.45) is 3.19. The number of nitrogens with one attached hydrogen (secondary N) is 2. The van der Waals surface area contributed by atoms with Crippen molar-refractivity contribution >= 4 is 11.8 Å². The van der Waals surface area contributed by atoms with E-state index in [0.29, 0.717) is 24.9 Å². The van der Waals surface area contributed by atoms with Crippen LogP contribution in [0.25, 0.3) is 5.69 Å². The molecule has 23 heavy (non-hydrogen) atoms. The maximum atomic E-state index is 11.8. The molecule has 0 aliphatic rings. The van der Waals surface area contributed by atoms with E-state index in [2.05, 4.69) is 31.1 Å². The normalized spacial score (nSPS) is 10.5. The molecule has 9 nitrogen and oxygen atoms in total. The topological polar surface area (TPSA) is 103 Å². The molecule has 1 aromatic carbocycles. The van der Waals surface area contributed by atoms with E-state index in [1.807, 2.05) is 30.3 Å². The summed E-state index contributed by atoms with van der Waals surface area (Å²) in [7, 11) is 1.68. The Labute approximate surface area is 132 Å². The third-order valence-electron chi connectivity index (χ3n) is 3.19. The van der Waals surface area contributed by atoms with Crippen LogP contribution in [0.2, 0.25) is 0 Å². The highest BCUT2D eigenvalue weighted by molar-refractivity contribution is 5.38. The minimum Gasteiger partial charge on any atom is -0.364 e. The largest absolute Gasteiger partial charge is 0.364 e. The lowest BCUT2D eigenvalue weighted by Crippen LogP contribution is -2.25. The number of aryl methyl sites for hydroxylation is 1. The van der Waals surface area contributed by atoms with Gasteiger partial charge < -0.3 is 15.2 Å². The summed E-state index contributed by atoms with van der Waals surface area (Å²) in [5, 5.41) is 17.7. The van der Waals surface area contributed by atoms with E-state index < -0.39 is 0 Å². The molecule has 0 bridgehead atoms. The molecule has 118 valence electrons. The molecular formula is C14H16N8O. The summed E-state index contributed by atoms with van der Waals surface area (Å²) in [6.45, 7) is 1.04. The van der Waals surface area contributed by atoms with Crippen molar-refractivity contribution in [2.45, 2.75) is 0 Å². The number of para-hydroxylation sites is 1. The minimum absolute atomic E-state index is 0.165. The number of benzene rings is 1. The van der Waals surface area contributed by atoms with Crippen molar-refractivity contribution in [3.63, 3.8) is 0 Å². The number of hydrogen-bond donors (Lipinski definition) is 2. The summed E-state index contributed by atoms with van der Waals surface area (Å²) in [4.78, 5) is 15.8. The molecule has 0 radical (unpaired) electrons. The Bertz CT molecular complexity index is 826. The van der Waals surface area contributed by atoms with E-state index >= 15 is 0 Å². The fraction of sp³-hybridized carbons (Fsp3) is 0.214. The highest BCUT2D eigenvalue weighted by Crippen LogP contribution is 2.09. The van der Waals surface area contributed by atoms with Gasteiger partial charge in [-0.15, -0.1) is 0 Å². The van der Waals surface area contributed by atoms with Gasteiger partial charge in [0.25, 0.3) is 5.56 Å². The lowest BCUT2D eigenvalue weighted by molar-refractivity contribution is 0.789. The molecule has 0 saturated heterocycles. The Hall–Kier alpha value is -3.23. The molecule has 0 saturated carbocycles. The molecule has 0 spiro atoms. The molecule has 0 amide bonds. The maximum absolute atomic E-state index is 11.8. The van der Waals surface area contributed by atoms with Crippen LogP contribution in [0.1, 0.15) is 0 Å². The van der Waals surface area contributed by atoms with Crippen LogP contribution in [0.4, 0.5) is 11.8 Å². The average molecular weight is 312 g/mol. The van der Waals surface area contributed by atoms with E-state index in [0.717, 1.165) is 5.69 Å². The van der Waals surface area contributed by atoms with Crippen LogP contribution in [-0.4, -0.2) is 42.8 Å². The van der Waals surface area contributed by atoms with Gasteiger partial charge in [0.1, 0.15) is 0 Å². The van der Waals surface area contributed by atoms with Crippen molar-refractivity contribution in [3.05, 3.63) is 53.1 Å². The number of aromatic nitrogens is 6. The second-order valence-corrected chi connectivity index (χ2v) is 4.80. The van der Waals surface area contributed by atoms with Crippen molar-refractivity contribution in [1.82, 2.24) is 29.8 Å². The first-order valence-corrected chi connectivity index (χ1v) is 7.09. The van der Waals surface area contributed by atoms with Gasteiger partial charge in [0.05, 0.1) is 5.69 Å². The second-order valence-electron chi connectivity index (χ2n) is 4.80. The quantitative estimate of drug-likeness (QED) is 0.630. The first-order valence-electron chi connectivity index (χ1n) is 7.09. The maximum Gasteiger partial charge on any atom is 0.293 e. The third-order valence-corrected chi connectivity index (χ3v) is 3.19. The van der Waals surface area contributed by atoms with Crippen molar-refractivity contribution in [1.29, 1.82) is 0 Å². The third kappa shape index (κ3) is 3.34. The standard InChI is InChI=1S/C14H16N8O/c1-21-10-9-16-12(13(21)23)15-7-8-17-14-18-19-20-22(14)11-5-3-2-4-6-11/h2-6,9-10H,7-8H2,1H3,(H,15,16)(H,17,18,20). The Morgan fingerprint density at radius 3 is 2.74 bits per heavy atom. The number of nitrogens with zero attached hydrogens (tertiary/aromatic N) is 6. The minimum atomic E-state index is -0.165. The van der Waals surface area contributed by atoms with Crippen LogP contribution >= 0.6 is 0 Å². The van der Waals surface area contributed by atoms with Crippen molar-refractivity contribution in [3.8, 4) is 5.69 Å². The molecule has 0 unspecified atom stereocenters. The van der Waals surface area contributed by atoms with Crippen LogP contribution in [0.15, 0.2) is 47.5 Å². The molecule has 0 atom stereocenters. The summed E-state index contributed by atoms with van der Waals surface area (Å²) in [5.41, 5.74) is 0.702. The zero-order valence-corrected chi connectivity index (χ0v) is 12.5. The van der Waals surface area contributed by atoms with Crippen LogP contribution < -0.4 is 16.2 Å². The van der Waals surface area contributed by atoms with Gasteiger partial charge in [-0.05, 0) is 22.6 Å². The van der Waals surface area contributed by atoms with Gasteiger partial charge in [-0.25, -0.2) is 4.98 Å². The van der Waals surface area contributed by atoms with Crippen molar-refractivity contribution < 1.29 is 0 Å².